The van der Waals surface area contributed by atoms with Gasteiger partial charge in [0.05, 0.1) is 28.9 Å². The van der Waals surface area contributed by atoms with Gasteiger partial charge in [0, 0.05) is 22.0 Å². The summed E-state index contributed by atoms with van der Waals surface area (Å²) in [6.45, 7) is 7.06. The topological polar surface area (TPSA) is 91.8 Å². The van der Waals surface area contributed by atoms with E-state index in [1.54, 1.807) is 36.9 Å². The van der Waals surface area contributed by atoms with Crippen LogP contribution in [0.3, 0.4) is 0 Å². The van der Waals surface area contributed by atoms with Gasteiger partial charge in [0.25, 0.3) is 0 Å². The molecular weight excluding hydrogens is 533 g/mol. The van der Waals surface area contributed by atoms with Crippen LogP contribution in [0.2, 0.25) is 10.0 Å². The molecule has 9 heteroatoms. The molecule has 0 bridgehead atoms. The average Bonchev–Trinajstić information content (AvgIpc) is 2.83. The third-order valence-corrected chi connectivity index (χ3v) is 10.5. The van der Waals surface area contributed by atoms with Gasteiger partial charge < -0.3 is 10.0 Å². The molecule has 1 amide bonds. The molecule has 1 aliphatic rings. The Hall–Kier alpha value is -2.09. The Balaban J connectivity index is 2.14. The highest BCUT2D eigenvalue weighted by molar-refractivity contribution is 7.92. The zero-order valence-electron chi connectivity index (χ0n) is 21.7. The van der Waals surface area contributed by atoms with Crippen molar-refractivity contribution in [3.8, 4) is 0 Å². The van der Waals surface area contributed by atoms with Crippen molar-refractivity contribution in [3.05, 3.63) is 69.7 Å². The Kier molecular flexibility index (Phi) is 9.36. The molecule has 1 heterocycles. The summed E-state index contributed by atoms with van der Waals surface area (Å²) in [5.74, 6) is -1.67. The van der Waals surface area contributed by atoms with Gasteiger partial charge in [-0.2, -0.15) is 0 Å². The van der Waals surface area contributed by atoms with E-state index in [0.29, 0.717) is 22.9 Å². The normalized spacial score (nSPS) is 24.1. The molecule has 1 aliphatic heterocycles. The molecular formula is C28H35Cl2NO5S. The Bertz CT molecular complexity index is 1230. The van der Waals surface area contributed by atoms with Crippen molar-refractivity contribution in [1.82, 2.24) is 4.90 Å². The lowest BCUT2D eigenvalue weighted by atomic mass is 9.67. The fraction of sp³-hybridized carbons (Fsp3) is 0.500. The zero-order valence-corrected chi connectivity index (χ0v) is 24.0. The first-order valence-electron chi connectivity index (χ1n) is 12.6. The minimum Gasteiger partial charge on any atom is -0.481 e. The van der Waals surface area contributed by atoms with Gasteiger partial charge in [0.1, 0.15) is 0 Å². The number of benzene rings is 2. The number of rotatable bonds is 10. The highest BCUT2D eigenvalue weighted by atomic mass is 35.5. The van der Waals surface area contributed by atoms with Crippen molar-refractivity contribution in [2.45, 2.75) is 76.6 Å². The molecule has 0 saturated carbocycles. The lowest BCUT2D eigenvalue weighted by molar-refractivity contribution is -0.160. The molecule has 1 fully saturated rings. The Morgan fingerprint density at radius 2 is 1.76 bits per heavy atom. The van der Waals surface area contributed by atoms with E-state index in [4.69, 9.17) is 23.2 Å². The number of amides is 1. The van der Waals surface area contributed by atoms with E-state index in [-0.39, 0.29) is 30.4 Å². The minimum atomic E-state index is -3.34. The van der Waals surface area contributed by atoms with E-state index in [1.807, 2.05) is 44.2 Å². The first-order valence-corrected chi connectivity index (χ1v) is 15.0. The van der Waals surface area contributed by atoms with E-state index < -0.39 is 38.6 Å². The van der Waals surface area contributed by atoms with Crippen molar-refractivity contribution in [2.24, 2.45) is 5.41 Å². The third-order valence-electron chi connectivity index (χ3n) is 7.61. The first kappa shape index (κ1) is 29.5. The molecule has 5 atom stereocenters. The number of likely N-dealkylation sites (tertiary alicyclic amines) is 1. The van der Waals surface area contributed by atoms with E-state index in [0.717, 1.165) is 11.1 Å². The lowest BCUT2D eigenvalue weighted by Gasteiger charge is -2.51. The second-order valence-electron chi connectivity index (χ2n) is 10.4. The van der Waals surface area contributed by atoms with E-state index >= 15 is 0 Å². The Morgan fingerprint density at radius 1 is 1.11 bits per heavy atom. The van der Waals surface area contributed by atoms with Gasteiger partial charge in [0.2, 0.25) is 5.91 Å². The van der Waals surface area contributed by atoms with E-state index in [1.165, 1.54) is 0 Å². The largest absolute Gasteiger partial charge is 0.481 e. The summed E-state index contributed by atoms with van der Waals surface area (Å²) in [4.78, 5) is 27.7. The maximum absolute atomic E-state index is 14.1. The number of hydrogen-bond donors (Lipinski definition) is 1. The van der Waals surface area contributed by atoms with Crippen LogP contribution in [0.4, 0.5) is 0 Å². The van der Waals surface area contributed by atoms with Crippen LogP contribution < -0.4 is 0 Å². The molecule has 1 saturated heterocycles. The van der Waals surface area contributed by atoms with Gasteiger partial charge in [0.15, 0.2) is 9.84 Å². The van der Waals surface area contributed by atoms with Gasteiger partial charge in [-0.25, -0.2) is 8.42 Å². The van der Waals surface area contributed by atoms with Crippen molar-refractivity contribution in [2.75, 3.05) is 5.75 Å². The van der Waals surface area contributed by atoms with Gasteiger partial charge in [-0.15, -0.1) is 0 Å². The SMILES string of the molecule is CC[C@@H](C)S(=O)(=O)CC[C@H](C)N1C(=O)[C@](C)(CC(=O)O)C[C@H](c2cccc(Cl)c2)[C@H]1c1ccc(Cl)cc1. The summed E-state index contributed by atoms with van der Waals surface area (Å²) in [5.41, 5.74) is 0.559. The van der Waals surface area contributed by atoms with E-state index in [9.17, 15) is 23.1 Å². The van der Waals surface area contributed by atoms with Crippen LogP contribution in [0.15, 0.2) is 48.5 Å². The summed E-state index contributed by atoms with van der Waals surface area (Å²) >= 11 is 12.5. The zero-order chi connectivity index (χ0) is 27.5. The van der Waals surface area contributed by atoms with Crippen LogP contribution in [-0.2, 0) is 19.4 Å². The fourth-order valence-corrected chi connectivity index (χ4v) is 7.20. The van der Waals surface area contributed by atoms with Crippen molar-refractivity contribution < 1.29 is 23.1 Å². The number of nitrogens with zero attached hydrogens (tertiary/aromatic N) is 1. The van der Waals surface area contributed by atoms with Crippen LogP contribution in [0.25, 0.3) is 0 Å². The third kappa shape index (κ3) is 6.68. The van der Waals surface area contributed by atoms with Crippen LogP contribution in [0.1, 0.15) is 76.5 Å². The molecule has 6 nitrogen and oxygen atoms in total. The van der Waals surface area contributed by atoms with Crippen molar-refractivity contribution >= 4 is 44.9 Å². The second kappa shape index (κ2) is 11.7. The number of piperidine rings is 1. The predicted molar refractivity (Wildman–Crippen MR) is 148 cm³/mol. The molecule has 0 aromatic heterocycles. The Labute approximate surface area is 229 Å². The number of carbonyl (C=O) groups is 2. The summed E-state index contributed by atoms with van der Waals surface area (Å²) in [6.07, 6.45) is 0.735. The molecule has 3 rings (SSSR count). The highest BCUT2D eigenvalue weighted by Gasteiger charge is 2.51. The number of sulfone groups is 1. The monoisotopic (exact) mass is 567 g/mol. The van der Waals surface area contributed by atoms with Crippen LogP contribution >= 0.6 is 23.2 Å². The number of carboxylic acid groups (broad SMARTS) is 1. The van der Waals surface area contributed by atoms with Crippen LogP contribution in [-0.4, -0.2) is 47.3 Å². The van der Waals surface area contributed by atoms with Crippen LogP contribution in [0.5, 0.6) is 0 Å². The molecule has 0 spiro atoms. The first-order chi connectivity index (χ1) is 17.3. The standard InChI is InChI=1S/C28H35Cl2NO5S/c1-5-19(3)37(35,36)14-13-18(2)31-26(20-9-11-22(29)12-10-20)24(21-7-6-8-23(30)15-21)16-28(4,27(31)34)17-25(32)33/h6-12,15,18-19,24,26H,5,13-14,16-17H2,1-4H3,(H,32,33)/t18-,19+,24+,26+,28-/m0/s1. The average molecular weight is 569 g/mol. The highest BCUT2D eigenvalue weighted by Crippen LogP contribution is 2.52. The smallest absolute Gasteiger partial charge is 0.304 e. The van der Waals surface area contributed by atoms with Crippen LogP contribution in [0, 0.1) is 5.41 Å². The summed E-state index contributed by atoms with van der Waals surface area (Å²) < 4.78 is 25.6. The predicted octanol–water partition coefficient (Wildman–Crippen LogP) is 6.52. The van der Waals surface area contributed by atoms with Crippen molar-refractivity contribution in [1.29, 1.82) is 0 Å². The quantitative estimate of drug-likeness (QED) is 0.352. The van der Waals surface area contributed by atoms with Gasteiger partial charge in [-0.05, 0) is 68.5 Å². The second-order valence-corrected chi connectivity index (χ2v) is 13.8. The number of carbonyl (C=O) groups excluding carboxylic acids is 1. The Morgan fingerprint density at radius 3 is 2.32 bits per heavy atom. The molecule has 0 radical (unpaired) electrons. The molecule has 202 valence electrons. The number of hydrogen-bond acceptors (Lipinski definition) is 4. The maximum Gasteiger partial charge on any atom is 0.304 e. The van der Waals surface area contributed by atoms with Crippen molar-refractivity contribution in [3.63, 3.8) is 0 Å². The molecule has 0 aliphatic carbocycles. The minimum absolute atomic E-state index is 0.0578. The molecule has 2 aromatic carbocycles. The molecule has 0 unspecified atom stereocenters. The number of carboxylic acids is 1. The summed E-state index contributed by atoms with van der Waals surface area (Å²) in [7, 11) is -3.34. The lowest BCUT2D eigenvalue weighted by Crippen LogP contribution is -2.55. The molecule has 2 aromatic rings. The molecule has 1 N–H and O–H groups in total. The van der Waals surface area contributed by atoms with Gasteiger partial charge in [-0.3, -0.25) is 9.59 Å². The fourth-order valence-electron chi connectivity index (χ4n) is 5.29. The summed E-state index contributed by atoms with van der Waals surface area (Å²) in [5, 5.41) is 10.3. The van der Waals surface area contributed by atoms with Gasteiger partial charge in [-0.1, -0.05) is 61.3 Å². The molecule has 37 heavy (non-hydrogen) atoms. The number of halogens is 2. The number of aliphatic carboxylic acids is 1. The summed E-state index contributed by atoms with van der Waals surface area (Å²) in [6, 6.07) is 13.7. The van der Waals surface area contributed by atoms with Gasteiger partial charge >= 0.3 is 5.97 Å². The van der Waals surface area contributed by atoms with E-state index in [2.05, 4.69) is 0 Å². The maximum atomic E-state index is 14.1.